The highest BCUT2D eigenvalue weighted by Gasteiger charge is 2.20. The number of nitrogens with one attached hydrogen (secondary N) is 1. The molecule has 0 aliphatic heterocycles. The van der Waals surface area contributed by atoms with E-state index >= 15 is 0 Å². The summed E-state index contributed by atoms with van der Waals surface area (Å²) in [6.07, 6.45) is 2.08. The smallest absolute Gasteiger partial charge is 0.240 e. The van der Waals surface area contributed by atoms with Crippen LogP contribution in [0.25, 0.3) is 0 Å². The first-order valence-corrected chi connectivity index (χ1v) is 8.51. The number of sulfonamides is 1. The van der Waals surface area contributed by atoms with Gasteiger partial charge in [0.25, 0.3) is 0 Å². The number of rotatable bonds is 6. The van der Waals surface area contributed by atoms with Gasteiger partial charge in [0.2, 0.25) is 10.0 Å². The summed E-state index contributed by atoms with van der Waals surface area (Å²) in [4.78, 5) is 0.245. The van der Waals surface area contributed by atoms with Crippen LogP contribution in [-0.4, -0.2) is 21.6 Å². The van der Waals surface area contributed by atoms with Gasteiger partial charge in [-0.2, -0.15) is 0 Å². The maximum atomic E-state index is 12.5. The molecule has 0 fully saturated rings. The Balaban J connectivity index is 2.19. The number of furan rings is 1. The Morgan fingerprint density at radius 3 is 2.41 bits per heavy atom. The molecule has 1 atom stereocenters. The second kappa shape index (κ2) is 6.54. The van der Waals surface area contributed by atoms with Crippen molar-refractivity contribution in [3.05, 3.63) is 47.4 Å². The second-order valence-electron chi connectivity index (χ2n) is 5.40. The van der Waals surface area contributed by atoms with Crippen LogP contribution in [0.15, 0.2) is 39.8 Å². The highest BCUT2D eigenvalue weighted by Crippen LogP contribution is 2.26. The zero-order chi connectivity index (χ0) is 16.3. The number of aryl methyl sites for hydroxylation is 2. The van der Waals surface area contributed by atoms with Crippen LogP contribution >= 0.6 is 0 Å². The molecule has 0 aliphatic carbocycles. The van der Waals surface area contributed by atoms with Crippen molar-refractivity contribution in [3.8, 4) is 5.75 Å². The van der Waals surface area contributed by atoms with E-state index < -0.39 is 10.0 Å². The number of benzene rings is 1. The van der Waals surface area contributed by atoms with Gasteiger partial charge in [-0.1, -0.05) is 0 Å². The van der Waals surface area contributed by atoms with Crippen molar-refractivity contribution < 1.29 is 17.6 Å². The number of hydrogen-bond acceptors (Lipinski definition) is 4. The van der Waals surface area contributed by atoms with Gasteiger partial charge in [0.15, 0.2) is 0 Å². The fourth-order valence-corrected chi connectivity index (χ4v) is 3.91. The van der Waals surface area contributed by atoms with Gasteiger partial charge in [-0.05, 0) is 56.2 Å². The summed E-state index contributed by atoms with van der Waals surface area (Å²) < 4.78 is 38.2. The van der Waals surface area contributed by atoms with Crippen LogP contribution in [0.3, 0.4) is 0 Å². The van der Waals surface area contributed by atoms with Gasteiger partial charge in [0.1, 0.15) is 11.5 Å². The fraction of sp³-hybridized carbons (Fsp3) is 0.375. The zero-order valence-corrected chi connectivity index (χ0v) is 14.0. The van der Waals surface area contributed by atoms with E-state index in [1.807, 2.05) is 26.8 Å². The standard InChI is InChI=1S/C16H21NO4S/c1-11-8-15(9-12(2)16(11)20-4)22(18,19)17-13(3)10-14-6-5-7-21-14/h5-9,13,17H,10H2,1-4H3/t13-/m1/s1. The first kappa shape index (κ1) is 16.6. The average molecular weight is 323 g/mol. The molecule has 0 saturated carbocycles. The Bertz CT molecular complexity index is 713. The van der Waals surface area contributed by atoms with Crippen LogP contribution in [0.4, 0.5) is 0 Å². The molecule has 5 nitrogen and oxygen atoms in total. The first-order valence-electron chi connectivity index (χ1n) is 7.03. The van der Waals surface area contributed by atoms with Gasteiger partial charge in [-0.15, -0.1) is 0 Å². The highest BCUT2D eigenvalue weighted by atomic mass is 32.2. The molecule has 22 heavy (non-hydrogen) atoms. The molecule has 1 aromatic carbocycles. The number of methoxy groups -OCH3 is 1. The lowest BCUT2D eigenvalue weighted by molar-refractivity contribution is 0.408. The fourth-order valence-electron chi connectivity index (χ4n) is 2.49. The molecule has 0 spiro atoms. The lowest BCUT2D eigenvalue weighted by atomic mass is 10.1. The van der Waals surface area contributed by atoms with Gasteiger partial charge < -0.3 is 9.15 Å². The third-order valence-corrected chi connectivity index (χ3v) is 4.96. The third-order valence-electron chi connectivity index (χ3n) is 3.39. The topological polar surface area (TPSA) is 68.5 Å². The van der Waals surface area contributed by atoms with E-state index in [4.69, 9.17) is 9.15 Å². The van der Waals surface area contributed by atoms with Crippen LogP contribution in [0.2, 0.25) is 0 Å². The van der Waals surface area contributed by atoms with E-state index in [9.17, 15) is 8.42 Å². The van der Waals surface area contributed by atoms with Gasteiger partial charge >= 0.3 is 0 Å². The predicted octanol–water partition coefficient (Wildman–Crippen LogP) is 2.81. The molecular formula is C16H21NO4S. The van der Waals surface area contributed by atoms with Crippen LogP contribution in [-0.2, 0) is 16.4 Å². The van der Waals surface area contributed by atoms with E-state index in [-0.39, 0.29) is 10.9 Å². The van der Waals surface area contributed by atoms with Crippen molar-refractivity contribution >= 4 is 10.0 Å². The van der Waals surface area contributed by atoms with E-state index in [1.54, 1.807) is 31.6 Å². The van der Waals surface area contributed by atoms with Crippen LogP contribution < -0.4 is 9.46 Å². The second-order valence-corrected chi connectivity index (χ2v) is 7.11. The minimum Gasteiger partial charge on any atom is -0.496 e. The number of hydrogen-bond donors (Lipinski definition) is 1. The monoisotopic (exact) mass is 323 g/mol. The van der Waals surface area contributed by atoms with Crippen molar-refractivity contribution in [2.75, 3.05) is 7.11 Å². The molecule has 2 rings (SSSR count). The Hall–Kier alpha value is -1.79. The predicted molar refractivity (Wildman–Crippen MR) is 84.7 cm³/mol. The molecule has 1 aromatic heterocycles. The Morgan fingerprint density at radius 1 is 1.27 bits per heavy atom. The summed E-state index contributed by atoms with van der Waals surface area (Å²) in [5, 5.41) is 0. The van der Waals surface area contributed by atoms with Crippen molar-refractivity contribution in [1.82, 2.24) is 4.72 Å². The highest BCUT2D eigenvalue weighted by molar-refractivity contribution is 7.89. The summed E-state index contributed by atoms with van der Waals surface area (Å²) in [7, 11) is -2.00. The maximum Gasteiger partial charge on any atom is 0.240 e. The Morgan fingerprint density at radius 2 is 1.91 bits per heavy atom. The third kappa shape index (κ3) is 3.69. The van der Waals surface area contributed by atoms with Crippen molar-refractivity contribution in [1.29, 1.82) is 0 Å². The minimum atomic E-state index is -3.58. The lowest BCUT2D eigenvalue weighted by Crippen LogP contribution is -2.34. The summed E-state index contributed by atoms with van der Waals surface area (Å²) in [6.45, 7) is 5.47. The molecule has 6 heteroatoms. The molecule has 0 bridgehead atoms. The van der Waals surface area contributed by atoms with Crippen molar-refractivity contribution in [2.45, 2.75) is 38.1 Å². The molecule has 0 saturated heterocycles. The zero-order valence-electron chi connectivity index (χ0n) is 13.2. The number of ether oxygens (including phenoxy) is 1. The molecule has 0 amide bonds. The molecule has 2 aromatic rings. The van der Waals surface area contributed by atoms with Crippen molar-refractivity contribution in [3.63, 3.8) is 0 Å². The lowest BCUT2D eigenvalue weighted by Gasteiger charge is -2.15. The Labute approximate surface area is 131 Å². The first-order chi connectivity index (χ1) is 10.3. The summed E-state index contributed by atoms with van der Waals surface area (Å²) >= 11 is 0. The largest absolute Gasteiger partial charge is 0.496 e. The normalized spacial score (nSPS) is 13.1. The Kier molecular flexibility index (Phi) is 4.93. The van der Waals surface area contributed by atoms with E-state index in [2.05, 4.69) is 4.72 Å². The van der Waals surface area contributed by atoms with Gasteiger partial charge in [-0.3, -0.25) is 0 Å². The van der Waals surface area contributed by atoms with Gasteiger partial charge in [0, 0.05) is 12.5 Å². The van der Waals surface area contributed by atoms with E-state index in [0.717, 1.165) is 16.9 Å². The summed E-state index contributed by atoms with van der Waals surface area (Å²) in [5.41, 5.74) is 1.59. The average Bonchev–Trinajstić information content (AvgIpc) is 2.90. The molecule has 1 N–H and O–H groups in total. The summed E-state index contributed by atoms with van der Waals surface area (Å²) in [6, 6.07) is 6.58. The molecule has 0 aliphatic rings. The van der Waals surface area contributed by atoms with Gasteiger partial charge in [0.05, 0.1) is 18.3 Å². The molecular weight excluding hydrogens is 302 g/mol. The van der Waals surface area contributed by atoms with Crippen molar-refractivity contribution in [2.24, 2.45) is 0 Å². The maximum absolute atomic E-state index is 12.5. The van der Waals surface area contributed by atoms with Crippen LogP contribution in [0.5, 0.6) is 5.75 Å². The molecule has 0 radical (unpaired) electrons. The molecule has 120 valence electrons. The van der Waals surface area contributed by atoms with E-state index in [1.165, 1.54) is 0 Å². The van der Waals surface area contributed by atoms with E-state index in [0.29, 0.717) is 12.2 Å². The van der Waals surface area contributed by atoms with Gasteiger partial charge in [-0.25, -0.2) is 13.1 Å². The SMILES string of the molecule is COc1c(C)cc(S(=O)(=O)N[C@H](C)Cc2ccco2)cc1C. The van der Waals surface area contributed by atoms with Crippen LogP contribution in [0.1, 0.15) is 23.8 Å². The minimum absolute atomic E-state index is 0.245. The van der Waals surface area contributed by atoms with Crippen LogP contribution in [0, 0.1) is 13.8 Å². The molecule has 0 unspecified atom stereocenters. The molecule has 1 heterocycles. The quantitative estimate of drug-likeness (QED) is 0.887. The summed E-state index contributed by atoms with van der Waals surface area (Å²) in [5.74, 6) is 1.46.